The minimum atomic E-state index is 0.180. The molecule has 5 heteroatoms. The third kappa shape index (κ3) is 3.01. The summed E-state index contributed by atoms with van der Waals surface area (Å²) in [4.78, 5) is 20.6. The Hall–Kier alpha value is -2.04. The third-order valence-electron chi connectivity index (χ3n) is 3.84. The van der Waals surface area contributed by atoms with Crippen molar-refractivity contribution in [1.82, 2.24) is 19.9 Å². The van der Waals surface area contributed by atoms with Crippen LogP contribution in [0.4, 0.5) is 5.95 Å². The molecule has 2 aromatic heterocycles. The van der Waals surface area contributed by atoms with Crippen LogP contribution in [0.3, 0.4) is 0 Å². The summed E-state index contributed by atoms with van der Waals surface area (Å²) in [5.41, 5.74) is 3.02. The van der Waals surface area contributed by atoms with Crippen LogP contribution in [-0.4, -0.2) is 26.5 Å². The first-order valence-electron chi connectivity index (χ1n) is 7.52. The molecule has 0 radical (unpaired) electrons. The molecular weight excluding hydrogens is 262 g/mol. The zero-order valence-electron chi connectivity index (χ0n) is 12.9. The highest BCUT2D eigenvalue weighted by Gasteiger charge is 2.28. The molecule has 2 aromatic rings. The van der Waals surface area contributed by atoms with Gasteiger partial charge in [0.15, 0.2) is 5.82 Å². The number of hydrogen-bond acceptors (Lipinski definition) is 5. The average Bonchev–Trinajstić information content (AvgIpc) is 2.46. The Kier molecular flexibility index (Phi) is 3.82. The smallest absolute Gasteiger partial charge is 0.226 e. The van der Waals surface area contributed by atoms with E-state index in [1.54, 1.807) is 0 Å². The van der Waals surface area contributed by atoms with Gasteiger partial charge >= 0.3 is 0 Å². The molecule has 1 fully saturated rings. The molecule has 3 heterocycles. The summed E-state index contributed by atoms with van der Waals surface area (Å²) in [5.74, 6) is 1.69. The van der Waals surface area contributed by atoms with Gasteiger partial charge in [-0.15, -0.1) is 0 Å². The van der Waals surface area contributed by atoms with Crippen LogP contribution >= 0.6 is 0 Å². The van der Waals surface area contributed by atoms with E-state index in [4.69, 9.17) is 0 Å². The fraction of sp³-hybridized carbons (Fsp3) is 0.500. The number of aryl methyl sites for hydroxylation is 3. The molecule has 0 spiro atoms. The van der Waals surface area contributed by atoms with Gasteiger partial charge in [-0.2, -0.15) is 0 Å². The number of hydrogen-bond donors (Lipinski definition) is 0. The van der Waals surface area contributed by atoms with E-state index in [2.05, 4.69) is 24.8 Å². The Morgan fingerprint density at radius 1 is 1.00 bits per heavy atom. The third-order valence-corrected chi connectivity index (χ3v) is 3.84. The summed E-state index contributed by atoms with van der Waals surface area (Å²) in [6.45, 7) is 7.00. The maximum atomic E-state index is 4.62. The number of anilines is 1. The number of aromatic nitrogens is 4. The molecular formula is C16H21N5. The largest absolute Gasteiger partial charge is 0.331 e. The predicted octanol–water partition coefficient (Wildman–Crippen LogP) is 2.92. The molecule has 0 N–H and O–H groups in total. The Labute approximate surface area is 125 Å². The van der Waals surface area contributed by atoms with Crippen molar-refractivity contribution in [3.8, 4) is 0 Å². The predicted molar refractivity (Wildman–Crippen MR) is 82.2 cm³/mol. The highest BCUT2D eigenvalue weighted by atomic mass is 15.3. The van der Waals surface area contributed by atoms with Crippen molar-refractivity contribution in [3.63, 3.8) is 0 Å². The molecule has 1 aliphatic rings. The first-order chi connectivity index (χ1) is 10.1. The summed E-state index contributed by atoms with van der Waals surface area (Å²) in [6.07, 6.45) is 5.26. The monoisotopic (exact) mass is 283 g/mol. The Balaban J connectivity index is 1.98. The van der Waals surface area contributed by atoms with Crippen molar-refractivity contribution in [2.24, 2.45) is 0 Å². The second kappa shape index (κ2) is 5.76. The minimum absolute atomic E-state index is 0.180. The van der Waals surface area contributed by atoms with Crippen LogP contribution in [0, 0.1) is 20.8 Å². The van der Waals surface area contributed by atoms with Crippen molar-refractivity contribution < 1.29 is 0 Å². The van der Waals surface area contributed by atoms with Crippen LogP contribution in [0.1, 0.15) is 48.2 Å². The van der Waals surface area contributed by atoms with E-state index < -0.39 is 0 Å². The van der Waals surface area contributed by atoms with Crippen LogP contribution in [0.15, 0.2) is 18.3 Å². The van der Waals surface area contributed by atoms with Gasteiger partial charge in [-0.1, -0.05) is 0 Å². The summed E-state index contributed by atoms with van der Waals surface area (Å²) in [6, 6.07) is 4.12. The van der Waals surface area contributed by atoms with Crippen LogP contribution in [0.5, 0.6) is 0 Å². The van der Waals surface area contributed by atoms with Gasteiger partial charge in [0.25, 0.3) is 0 Å². The molecule has 21 heavy (non-hydrogen) atoms. The molecule has 1 aliphatic heterocycles. The van der Waals surface area contributed by atoms with Gasteiger partial charge < -0.3 is 4.90 Å². The van der Waals surface area contributed by atoms with E-state index >= 15 is 0 Å². The van der Waals surface area contributed by atoms with E-state index in [1.807, 2.05) is 39.1 Å². The molecule has 0 saturated carbocycles. The SMILES string of the molecule is Cc1ccnc(C2CCCCN2c2nc(C)cc(C)n2)n1. The number of piperidine rings is 1. The minimum Gasteiger partial charge on any atom is -0.331 e. The molecule has 110 valence electrons. The summed E-state index contributed by atoms with van der Waals surface area (Å²) < 4.78 is 0. The standard InChI is InChI=1S/C16H21N5/c1-11-7-8-17-15(18-11)14-6-4-5-9-21(14)16-19-12(2)10-13(3)20-16/h7-8,10,14H,4-6,9H2,1-3H3. The topological polar surface area (TPSA) is 54.8 Å². The summed E-state index contributed by atoms with van der Waals surface area (Å²) in [5, 5.41) is 0. The molecule has 0 aliphatic carbocycles. The number of nitrogens with zero attached hydrogens (tertiary/aromatic N) is 5. The normalized spacial score (nSPS) is 18.8. The highest BCUT2D eigenvalue weighted by Crippen LogP contribution is 2.31. The average molecular weight is 283 g/mol. The van der Waals surface area contributed by atoms with Crippen LogP contribution in [0.25, 0.3) is 0 Å². The quantitative estimate of drug-likeness (QED) is 0.848. The zero-order chi connectivity index (χ0) is 14.8. The highest BCUT2D eigenvalue weighted by molar-refractivity contribution is 5.36. The van der Waals surface area contributed by atoms with Crippen LogP contribution < -0.4 is 4.90 Å². The lowest BCUT2D eigenvalue weighted by Crippen LogP contribution is -2.36. The maximum absolute atomic E-state index is 4.62. The van der Waals surface area contributed by atoms with Gasteiger partial charge in [0.2, 0.25) is 5.95 Å². The first kappa shape index (κ1) is 13.9. The van der Waals surface area contributed by atoms with Crippen molar-refractivity contribution in [2.45, 2.75) is 46.1 Å². The molecule has 1 saturated heterocycles. The van der Waals surface area contributed by atoms with Gasteiger partial charge in [-0.05, 0) is 52.2 Å². The van der Waals surface area contributed by atoms with Gasteiger partial charge in [0, 0.05) is 29.8 Å². The van der Waals surface area contributed by atoms with Crippen molar-refractivity contribution >= 4 is 5.95 Å². The lowest BCUT2D eigenvalue weighted by molar-refractivity contribution is 0.448. The van der Waals surface area contributed by atoms with Crippen LogP contribution in [0.2, 0.25) is 0 Å². The van der Waals surface area contributed by atoms with E-state index in [1.165, 1.54) is 12.8 Å². The summed E-state index contributed by atoms with van der Waals surface area (Å²) >= 11 is 0. The van der Waals surface area contributed by atoms with E-state index in [-0.39, 0.29) is 6.04 Å². The summed E-state index contributed by atoms with van der Waals surface area (Å²) in [7, 11) is 0. The van der Waals surface area contributed by atoms with Gasteiger partial charge in [-0.3, -0.25) is 0 Å². The van der Waals surface area contributed by atoms with E-state index in [9.17, 15) is 0 Å². The fourth-order valence-corrected chi connectivity index (χ4v) is 2.90. The lowest BCUT2D eigenvalue weighted by Gasteiger charge is -2.35. The Bertz CT molecular complexity index is 620. The van der Waals surface area contributed by atoms with Gasteiger partial charge in [-0.25, -0.2) is 19.9 Å². The molecule has 3 rings (SSSR count). The van der Waals surface area contributed by atoms with Gasteiger partial charge in [0.1, 0.15) is 0 Å². The molecule has 0 bridgehead atoms. The van der Waals surface area contributed by atoms with Crippen molar-refractivity contribution in [3.05, 3.63) is 41.2 Å². The van der Waals surface area contributed by atoms with Crippen LogP contribution in [-0.2, 0) is 0 Å². The Morgan fingerprint density at radius 3 is 2.48 bits per heavy atom. The molecule has 0 amide bonds. The molecule has 1 unspecified atom stereocenters. The first-order valence-corrected chi connectivity index (χ1v) is 7.52. The lowest BCUT2D eigenvalue weighted by atomic mass is 10.0. The second-order valence-corrected chi connectivity index (χ2v) is 5.71. The molecule has 5 nitrogen and oxygen atoms in total. The Morgan fingerprint density at radius 2 is 1.76 bits per heavy atom. The number of rotatable bonds is 2. The van der Waals surface area contributed by atoms with E-state index in [0.717, 1.165) is 41.8 Å². The fourth-order valence-electron chi connectivity index (χ4n) is 2.90. The van der Waals surface area contributed by atoms with Crippen molar-refractivity contribution in [2.75, 3.05) is 11.4 Å². The van der Waals surface area contributed by atoms with Crippen molar-refractivity contribution in [1.29, 1.82) is 0 Å². The maximum Gasteiger partial charge on any atom is 0.226 e. The second-order valence-electron chi connectivity index (χ2n) is 5.71. The molecule has 0 aromatic carbocycles. The zero-order valence-corrected chi connectivity index (χ0v) is 12.9. The van der Waals surface area contributed by atoms with E-state index in [0.29, 0.717) is 0 Å². The molecule has 1 atom stereocenters. The van der Waals surface area contributed by atoms with Gasteiger partial charge in [0.05, 0.1) is 6.04 Å².